The molecule has 6 nitrogen and oxygen atoms in total. The zero-order valence-electron chi connectivity index (χ0n) is 10.7. The SMILES string of the molecule is NNC(=O)c1ccc(F)cc1NS(=O)(=O)c1ccccc1. The lowest BCUT2D eigenvalue weighted by atomic mass is 10.1. The summed E-state index contributed by atoms with van der Waals surface area (Å²) >= 11 is 0. The van der Waals surface area contributed by atoms with Crippen molar-refractivity contribution in [1.82, 2.24) is 5.43 Å². The maximum absolute atomic E-state index is 13.3. The van der Waals surface area contributed by atoms with Gasteiger partial charge in [0, 0.05) is 0 Å². The van der Waals surface area contributed by atoms with E-state index >= 15 is 0 Å². The summed E-state index contributed by atoms with van der Waals surface area (Å²) in [6, 6.07) is 10.6. The Morgan fingerprint density at radius 1 is 1.10 bits per heavy atom. The van der Waals surface area contributed by atoms with Crippen molar-refractivity contribution in [2.45, 2.75) is 4.90 Å². The number of carbonyl (C=O) groups excluding carboxylic acids is 1. The summed E-state index contributed by atoms with van der Waals surface area (Å²) in [7, 11) is -3.93. The molecule has 110 valence electrons. The Morgan fingerprint density at radius 3 is 2.38 bits per heavy atom. The van der Waals surface area contributed by atoms with Crippen LogP contribution in [0, 0.1) is 5.82 Å². The second-order valence-corrected chi connectivity index (χ2v) is 5.76. The largest absolute Gasteiger partial charge is 0.290 e. The van der Waals surface area contributed by atoms with Gasteiger partial charge in [-0.25, -0.2) is 18.7 Å². The fourth-order valence-electron chi connectivity index (χ4n) is 1.68. The van der Waals surface area contributed by atoms with Crippen molar-refractivity contribution < 1.29 is 17.6 Å². The van der Waals surface area contributed by atoms with E-state index in [-0.39, 0.29) is 16.1 Å². The number of amides is 1. The highest BCUT2D eigenvalue weighted by molar-refractivity contribution is 7.92. The number of rotatable bonds is 4. The van der Waals surface area contributed by atoms with Crippen molar-refractivity contribution in [1.29, 1.82) is 0 Å². The molecule has 0 aliphatic rings. The first kappa shape index (κ1) is 14.9. The number of sulfonamides is 1. The molecule has 0 heterocycles. The number of carbonyl (C=O) groups is 1. The summed E-state index contributed by atoms with van der Waals surface area (Å²) in [5, 5.41) is 0. The van der Waals surface area contributed by atoms with E-state index in [1.54, 1.807) is 18.2 Å². The molecule has 21 heavy (non-hydrogen) atoms. The maximum Gasteiger partial charge on any atom is 0.267 e. The van der Waals surface area contributed by atoms with Gasteiger partial charge in [-0.3, -0.25) is 14.9 Å². The zero-order valence-corrected chi connectivity index (χ0v) is 11.5. The van der Waals surface area contributed by atoms with Crippen molar-refractivity contribution in [3.8, 4) is 0 Å². The average molecular weight is 309 g/mol. The molecule has 0 saturated heterocycles. The quantitative estimate of drug-likeness (QED) is 0.449. The minimum absolute atomic E-state index is 0.00614. The first-order valence-electron chi connectivity index (χ1n) is 5.82. The Morgan fingerprint density at radius 2 is 1.76 bits per heavy atom. The molecule has 2 rings (SSSR count). The molecule has 0 atom stereocenters. The molecule has 0 unspecified atom stereocenters. The van der Waals surface area contributed by atoms with E-state index in [0.29, 0.717) is 0 Å². The number of hydrogen-bond donors (Lipinski definition) is 3. The monoisotopic (exact) mass is 309 g/mol. The molecule has 8 heteroatoms. The maximum atomic E-state index is 13.3. The Balaban J connectivity index is 2.44. The minimum Gasteiger partial charge on any atom is -0.290 e. The van der Waals surface area contributed by atoms with E-state index in [9.17, 15) is 17.6 Å². The summed E-state index contributed by atoms with van der Waals surface area (Å²) < 4.78 is 39.8. The number of anilines is 1. The Hall–Kier alpha value is -2.45. The van der Waals surface area contributed by atoms with Crippen LogP contribution >= 0.6 is 0 Å². The Bertz CT molecular complexity index is 763. The number of benzene rings is 2. The number of nitrogens with one attached hydrogen (secondary N) is 2. The number of nitrogen functional groups attached to an aromatic ring is 1. The average Bonchev–Trinajstić information content (AvgIpc) is 2.47. The molecule has 0 saturated carbocycles. The van der Waals surface area contributed by atoms with Crippen LogP contribution in [0.4, 0.5) is 10.1 Å². The van der Waals surface area contributed by atoms with E-state index in [4.69, 9.17) is 5.84 Å². The van der Waals surface area contributed by atoms with Gasteiger partial charge in [0.1, 0.15) is 5.82 Å². The zero-order chi connectivity index (χ0) is 15.5. The van der Waals surface area contributed by atoms with Gasteiger partial charge in [0.15, 0.2) is 0 Å². The summed E-state index contributed by atoms with van der Waals surface area (Å²) in [6.07, 6.45) is 0. The first-order valence-corrected chi connectivity index (χ1v) is 7.31. The highest BCUT2D eigenvalue weighted by Crippen LogP contribution is 2.21. The molecule has 0 spiro atoms. The third kappa shape index (κ3) is 3.36. The normalized spacial score (nSPS) is 11.0. The van der Waals surface area contributed by atoms with Crippen LogP contribution in [0.1, 0.15) is 10.4 Å². The van der Waals surface area contributed by atoms with Crippen molar-refractivity contribution in [2.24, 2.45) is 5.84 Å². The third-order valence-corrected chi connectivity index (χ3v) is 4.04. The second-order valence-electron chi connectivity index (χ2n) is 4.08. The number of nitrogens with two attached hydrogens (primary N) is 1. The van der Waals surface area contributed by atoms with Crippen molar-refractivity contribution in [3.05, 3.63) is 59.9 Å². The highest BCUT2D eigenvalue weighted by Gasteiger charge is 2.18. The van der Waals surface area contributed by atoms with Gasteiger partial charge in [-0.2, -0.15) is 0 Å². The van der Waals surface area contributed by atoms with Crippen LogP contribution in [0.2, 0.25) is 0 Å². The molecule has 2 aromatic rings. The second kappa shape index (κ2) is 5.90. The summed E-state index contributed by atoms with van der Waals surface area (Å²) in [5.74, 6) is 3.59. The van der Waals surface area contributed by atoms with Crippen molar-refractivity contribution >= 4 is 21.6 Å². The lowest BCUT2D eigenvalue weighted by Gasteiger charge is -2.12. The van der Waals surface area contributed by atoms with Crippen LogP contribution < -0.4 is 16.0 Å². The van der Waals surface area contributed by atoms with Crippen LogP contribution in [0.5, 0.6) is 0 Å². The number of hydrazine groups is 1. The fourth-order valence-corrected chi connectivity index (χ4v) is 2.77. The molecule has 0 bridgehead atoms. The standard InChI is InChI=1S/C13H12FN3O3S/c14-9-6-7-11(13(18)16-15)12(8-9)17-21(19,20)10-4-2-1-3-5-10/h1-8,17H,15H2,(H,16,18). The first-order chi connectivity index (χ1) is 9.94. The van der Waals surface area contributed by atoms with Gasteiger partial charge in [-0.05, 0) is 30.3 Å². The van der Waals surface area contributed by atoms with E-state index in [1.165, 1.54) is 12.1 Å². The molecule has 1 amide bonds. The molecule has 4 N–H and O–H groups in total. The predicted octanol–water partition coefficient (Wildman–Crippen LogP) is 1.23. The third-order valence-electron chi connectivity index (χ3n) is 2.66. The summed E-state index contributed by atoms with van der Waals surface area (Å²) in [4.78, 5) is 11.6. The van der Waals surface area contributed by atoms with Gasteiger partial charge in [-0.1, -0.05) is 18.2 Å². The Labute approximate surface area is 120 Å². The van der Waals surface area contributed by atoms with Crippen molar-refractivity contribution in [3.63, 3.8) is 0 Å². The lowest BCUT2D eigenvalue weighted by Crippen LogP contribution is -2.31. The Kier molecular flexibility index (Phi) is 4.20. The summed E-state index contributed by atoms with van der Waals surface area (Å²) in [6.45, 7) is 0. The highest BCUT2D eigenvalue weighted by atomic mass is 32.2. The van der Waals surface area contributed by atoms with Crippen LogP contribution in [-0.2, 0) is 10.0 Å². The van der Waals surface area contributed by atoms with Crippen molar-refractivity contribution in [2.75, 3.05) is 4.72 Å². The fraction of sp³-hybridized carbons (Fsp3) is 0. The molecule has 0 fully saturated rings. The van der Waals surface area contributed by atoms with Gasteiger partial charge >= 0.3 is 0 Å². The molecule has 0 aliphatic heterocycles. The number of hydrogen-bond acceptors (Lipinski definition) is 4. The predicted molar refractivity (Wildman–Crippen MR) is 75.3 cm³/mol. The van der Waals surface area contributed by atoms with Gasteiger partial charge in [0.05, 0.1) is 16.1 Å². The molecular formula is C13H12FN3O3S. The lowest BCUT2D eigenvalue weighted by molar-refractivity contribution is 0.0954. The number of halogens is 1. The molecule has 0 aromatic heterocycles. The molecule has 0 aliphatic carbocycles. The van der Waals surface area contributed by atoms with Gasteiger partial charge in [0.25, 0.3) is 15.9 Å². The van der Waals surface area contributed by atoms with E-state index < -0.39 is 21.7 Å². The smallest absolute Gasteiger partial charge is 0.267 e. The molecular weight excluding hydrogens is 297 g/mol. The van der Waals surface area contributed by atoms with Crippen LogP contribution in [0.25, 0.3) is 0 Å². The molecule has 2 aromatic carbocycles. The van der Waals surface area contributed by atoms with E-state index in [0.717, 1.165) is 18.2 Å². The van der Waals surface area contributed by atoms with Gasteiger partial charge in [0.2, 0.25) is 0 Å². The van der Waals surface area contributed by atoms with Crippen LogP contribution in [0.15, 0.2) is 53.4 Å². The van der Waals surface area contributed by atoms with E-state index in [2.05, 4.69) is 4.72 Å². The summed E-state index contributed by atoms with van der Waals surface area (Å²) in [5.41, 5.74) is 1.59. The minimum atomic E-state index is -3.93. The topological polar surface area (TPSA) is 101 Å². The van der Waals surface area contributed by atoms with E-state index in [1.807, 2.05) is 5.43 Å². The van der Waals surface area contributed by atoms with Gasteiger partial charge in [-0.15, -0.1) is 0 Å². The van der Waals surface area contributed by atoms with Crippen LogP contribution in [0.3, 0.4) is 0 Å². The van der Waals surface area contributed by atoms with Crippen LogP contribution in [-0.4, -0.2) is 14.3 Å². The molecule has 0 radical (unpaired) electrons. The van der Waals surface area contributed by atoms with Gasteiger partial charge < -0.3 is 0 Å².